The quantitative estimate of drug-likeness (QED) is 0.549. The van der Waals surface area contributed by atoms with Gasteiger partial charge in [-0.1, -0.05) is 6.07 Å². The summed E-state index contributed by atoms with van der Waals surface area (Å²) < 4.78 is 50.3. The highest BCUT2D eigenvalue weighted by atomic mass is 35.5. The Kier molecular flexibility index (Phi) is 3.85. The molecular formula is C13H13ClF4. The van der Waals surface area contributed by atoms with Gasteiger partial charge in [-0.15, -0.1) is 11.6 Å². The van der Waals surface area contributed by atoms with Crippen LogP contribution in [0.15, 0.2) is 18.2 Å². The molecule has 1 unspecified atom stereocenters. The molecule has 0 bridgehead atoms. The number of alkyl halides is 4. The lowest BCUT2D eigenvalue weighted by atomic mass is 10.0. The van der Waals surface area contributed by atoms with E-state index in [2.05, 4.69) is 0 Å². The Balaban J connectivity index is 2.00. The van der Waals surface area contributed by atoms with E-state index in [0.717, 1.165) is 25.0 Å². The van der Waals surface area contributed by atoms with Gasteiger partial charge in [0, 0.05) is 5.38 Å². The second-order valence-corrected chi connectivity index (χ2v) is 5.26. The maximum Gasteiger partial charge on any atom is 0.419 e. The zero-order valence-electron chi connectivity index (χ0n) is 9.61. The van der Waals surface area contributed by atoms with E-state index < -0.39 is 17.6 Å². The SMILES string of the molecule is Fc1cc(CCC(Cl)C2CC2)ccc1C(F)(F)F. The van der Waals surface area contributed by atoms with Gasteiger partial charge in [-0.3, -0.25) is 0 Å². The van der Waals surface area contributed by atoms with Crippen LogP contribution >= 0.6 is 11.6 Å². The number of halogens is 5. The fourth-order valence-electron chi connectivity index (χ4n) is 1.94. The summed E-state index contributed by atoms with van der Waals surface area (Å²) in [5.41, 5.74) is -0.650. The van der Waals surface area contributed by atoms with Crippen molar-refractivity contribution in [2.75, 3.05) is 0 Å². The third-order valence-electron chi connectivity index (χ3n) is 3.18. The smallest absolute Gasteiger partial charge is 0.206 e. The first-order valence-electron chi connectivity index (χ1n) is 5.87. The molecule has 1 aromatic carbocycles. The summed E-state index contributed by atoms with van der Waals surface area (Å²) in [6, 6.07) is 3.08. The molecule has 1 aliphatic carbocycles. The molecule has 1 aromatic rings. The largest absolute Gasteiger partial charge is 0.419 e. The lowest BCUT2D eigenvalue weighted by molar-refractivity contribution is -0.140. The summed E-state index contributed by atoms with van der Waals surface area (Å²) >= 11 is 6.10. The summed E-state index contributed by atoms with van der Waals surface area (Å²) in [6.45, 7) is 0. The number of aryl methyl sites for hydroxylation is 1. The van der Waals surface area contributed by atoms with Crippen molar-refractivity contribution >= 4 is 11.6 Å². The van der Waals surface area contributed by atoms with Crippen molar-refractivity contribution in [1.29, 1.82) is 0 Å². The fourth-order valence-corrected chi connectivity index (χ4v) is 2.30. The van der Waals surface area contributed by atoms with Gasteiger partial charge < -0.3 is 0 Å². The first kappa shape index (κ1) is 13.7. The molecule has 18 heavy (non-hydrogen) atoms. The van der Waals surface area contributed by atoms with E-state index in [1.54, 1.807) is 0 Å². The van der Waals surface area contributed by atoms with Gasteiger partial charge in [0.25, 0.3) is 0 Å². The van der Waals surface area contributed by atoms with E-state index in [1.807, 2.05) is 0 Å². The van der Waals surface area contributed by atoms with Crippen molar-refractivity contribution in [3.63, 3.8) is 0 Å². The van der Waals surface area contributed by atoms with Gasteiger partial charge in [0.05, 0.1) is 5.56 Å². The van der Waals surface area contributed by atoms with Crippen molar-refractivity contribution in [1.82, 2.24) is 0 Å². The summed E-state index contributed by atoms with van der Waals surface area (Å²) in [6.07, 6.45) is -1.20. The highest BCUT2D eigenvalue weighted by Gasteiger charge is 2.34. The Morgan fingerprint density at radius 2 is 1.94 bits per heavy atom. The highest BCUT2D eigenvalue weighted by molar-refractivity contribution is 6.20. The van der Waals surface area contributed by atoms with Crippen molar-refractivity contribution in [3.05, 3.63) is 35.1 Å². The van der Waals surface area contributed by atoms with Crippen LogP contribution in [0.3, 0.4) is 0 Å². The van der Waals surface area contributed by atoms with Crippen LogP contribution in [0.4, 0.5) is 17.6 Å². The molecule has 0 aliphatic heterocycles. The van der Waals surface area contributed by atoms with E-state index in [1.165, 1.54) is 6.07 Å². The van der Waals surface area contributed by atoms with Gasteiger partial charge in [0.1, 0.15) is 5.82 Å². The molecule has 0 aromatic heterocycles. The summed E-state index contributed by atoms with van der Waals surface area (Å²) in [5, 5.41) is 0.0513. The third kappa shape index (κ3) is 3.37. The van der Waals surface area contributed by atoms with Crippen molar-refractivity contribution < 1.29 is 17.6 Å². The molecule has 0 saturated heterocycles. The van der Waals surface area contributed by atoms with E-state index in [0.29, 0.717) is 24.3 Å². The predicted molar refractivity (Wildman–Crippen MR) is 62.1 cm³/mol. The average Bonchev–Trinajstić information content (AvgIpc) is 3.07. The number of benzene rings is 1. The number of hydrogen-bond donors (Lipinski definition) is 0. The van der Waals surface area contributed by atoms with Gasteiger partial charge in [-0.05, 0) is 49.3 Å². The first-order chi connectivity index (χ1) is 8.38. The fraction of sp³-hybridized carbons (Fsp3) is 0.538. The first-order valence-corrected chi connectivity index (χ1v) is 6.31. The van der Waals surface area contributed by atoms with E-state index in [9.17, 15) is 17.6 Å². The highest BCUT2D eigenvalue weighted by Crippen LogP contribution is 2.38. The molecule has 0 heterocycles. The Bertz CT molecular complexity index is 423. The van der Waals surface area contributed by atoms with E-state index >= 15 is 0 Å². The van der Waals surface area contributed by atoms with Crippen LogP contribution < -0.4 is 0 Å². The zero-order valence-corrected chi connectivity index (χ0v) is 10.4. The minimum absolute atomic E-state index is 0.0513. The lowest BCUT2D eigenvalue weighted by Crippen LogP contribution is -2.09. The molecule has 0 radical (unpaired) electrons. The molecule has 0 amide bonds. The van der Waals surface area contributed by atoms with Gasteiger partial charge in [0.2, 0.25) is 0 Å². The van der Waals surface area contributed by atoms with Crippen LogP contribution in [0, 0.1) is 11.7 Å². The van der Waals surface area contributed by atoms with Crippen LogP contribution in [0.5, 0.6) is 0 Å². The topological polar surface area (TPSA) is 0 Å². The monoisotopic (exact) mass is 280 g/mol. The molecule has 100 valence electrons. The average molecular weight is 281 g/mol. The zero-order chi connectivity index (χ0) is 13.3. The lowest BCUT2D eigenvalue weighted by Gasteiger charge is -2.11. The number of rotatable bonds is 4. The number of hydrogen-bond acceptors (Lipinski definition) is 0. The standard InChI is InChI=1S/C13H13ClF4/c14-11(9-3-4-9)6-2-8-1-5-10(12(15)7-8)13(16,17)18/h1,5,7,9,11H,2-4,6H2. The Labute approximate surface area is 108 Å². The minimum atomic E-state index is -4.63. The molecule has 2 rings (SSSR count). The summed E-state index contributed by atoms with van der Waals surface area (Å²) in [5.74, 6) is -0.677. The Morgan fingerprint density at radius 3 is 2.44 bits per heavy atom. The molecule has 1 aliphatic rings. The third-order valence-corrected chi connectivity index (χ3v) is 3.76. The summed E-state index contributed by atoms with van der Waals surface area (Å²) in [7, 11) is 0. The van der Waals surface area contributed by atoms with Crippen LogP contribution in [-0.4, -0.2) is 5.38 Å². The molecule has 0 spiro atoms. The van der Waals surface area contributed by atoms with Gasteiger partial charge >= 0.3 is 6.18 Å². The van der Waals surface area contributed by atoms with Crippen molar-refractivity contribution in [3.8, 4) is 0 Å². The maximum absolute atomic E-state index is 13.3. The van der Waals surface area contributed by atoms with Gasteiger partial charge in [-0.25, -0.2) is 4.39 Å². The van der Waals surface area contributed by atoms with Crippen LogP contribution in [0.25, 0.3) is 0 Å². The normalized spacial score (nSPS) is 17.8. The molecule has 5 heteroatoms. The minimum Gasteiger partial charge on any atom is -0.206 e. The predicted octanol–water partition coefficient (Wildman–Crippen LogP) is 4.79. The van der Waals surface area contributed by atoms with E-state index in [-0.39, 0.29) is 5.38 Å². The molecule has 1 fully saturated rings. The maximum atomic E-state index is 13.3. The molecule has 0 N–H and O–H groups in total. The van der Waals surface area contributed by atoms with Crippen LogP contribution in [-0.2, 0) is 12.6 Å². The Morgan fingerprint density at radius 1 is 1.28 bits per heavy atom. The Hall–Kier alpha value is -0.770. The second-order valence-electron chi connectivity index (χ2n) is 4.70. The van der Waals surface area contributed by atoms with Crippen LogP contribution in [0.1, 0.15) is 30.4 Å². The van der Waals surface area contributed by atoms with Crippen molar-refractivity contribution in [2.24, 2.45) is 5.92 Å². The van der Waals surface area contributed by atoms with Crippen molar-refractivity contribution in [2.45, 2.75) is 37.2 Å². The van der Waals surface area contributed by atoms with E-state index in [4.69, 9.17) is 11.6 Å². The van der Waals surface area contributed by atoms with Gasteiger partial charge in [-0.2, -0.15) is 13.2 Å². The molecular weight excluding hydrogens is 268 g/mol. The molecule has 0 nitrogen and oxygen atoms in total. The summed E-state index contributed by atoms with van der Waals surface area (Å²) in [4.78, 5) is 0. The second kappa shape index (κ2) is 5.08. The van der Waals surface area contributed by atoms with Crippen LogP contribution in [0.2, 0.25) is 0 Å². The molecule has 1 saturated carbocycles. The molecule has 1 atom stereocenters. The van der Waals surface area contributed by atoms with Gasteiger partial charge in [0.15, 0.2) is 0 Å².